The van der Waals surface area contributed by atoms with Gasteiger partial charge in [0.15, 0.2) is 23.2 Å². The number of nitrogens with zero attached hydrogens (tertiary/aromatic N) is 4. The van der Waals surface area contributed by atoms with Gasteiger partial charge in [-0.25, -0.2) is 15.0 Å². The van der Waals surface area contributed by atoms with Crippen molar-refractivity contribution in [2.24, 2.45) is 0 Å². The zero-order valence-electron chi connectivity index (χ0n) is 15.4. The Hall–Kier alpha value is -2.80. The third-order valence-electron chi connectivity index (χ3n) is 4.86. The van der Waals surface area contributed by atoms with Crippen LogP contribution >= 0.6 is 0 Å². The van der Waals surface area contributed by atoms with Crippen molar-refractivity contribution in [3.8, 4) is 0 Å². The number of halogens is 3. The van der Waals surface area contributed by atoms with Gasteiger partial charge in [-0.2, -0.15) is 13.2 Å². The van der Waals surface area contributed by atoms with E-state index in [1.165, 1.54) is 23.3 Å². The number of rotatable bonds is 5. The Balaban J connectivity index is 1.57. The van der Waals surface area contributed by atoms with Gasteiger partial charge in [0, 0.05) is 6.54 Å². The van der Waals surface area contributed by atoms with Crippen LogP contribution in [-0.2, 0) is 17.5 Å². The van der Waals surface area contributed by atoms with Crippen LogP contribution in [0.15, 0.2) is 36.9 Å². The smallest absolute Gasteiger partial charge is 0.394 e. The van der Waals surface area contributed by atoms with E-state index < -0.39 is 42.9 Å². The molecule has 0 saturated carbocycles. The Morgan fingerprint density at radius 2 is 1.93 bits per heavy atom. The summed E-state index contributed by atoms with van der Waals surface area (Å²) in [7, 11) is 0. The minimum Gasteiger partial charge on any atom is -0.394 e. The quantitative estimate of drug-likeness (QED) is 0.478. The second-order valence-corrected chi connectivity index (χ2v) is 6.83. The third-order valence-corrected chi connectivity index (χ3v) is 4.86. The summed E-state index contributed by atoms with van der Waals surface area (Å²) in [5, 5.41) is 32.4. The molecule has 2 aromatic heterocycles. The van der Waals surface area contributed by atoms with Crippen LogP contribution in [0.5, 0.6) is 0 Å². The molecule has 1 aliphatic heterocycles. The van der Waals surface area contributed by atoms with Gasteiger partial charge in [-0.3, -0.25) is 4.57 Å². The zero-order chi connectivity index (χ0) is 21.5. The Morgan fingerprint density at radius 3 is 2.63 bits per heavy atom. The second kappa shape index (κ2) is 7.80. The first-order valence-corrected chi connectivity index (χ1v) is 8.99. The number of alkyl halides is 3. The fraction of sp³-hybridized carbons (Fsp3) is 0.389. The van der Waals surface area contributed by atoms with Crippen LogP contribution in [0.4, 0.5) is 19.0 Å². The number of imidazole rings is 1. The molecule has 160 valence electrons. The predicted molar refractivity (Wildman–Crippen MR) is 97.1 cm³/mol. The molecular weight excluding hydrogens is 407 g/mol. The highest BCUT2D eigenvalue weighted by atomic mass is 19.4. The van der Waals surface area contributed by atoms with Crippen molar-refractivity contribution < 1.29 is 33.2 Å². The fourth-order valence-corrected chi connectivity index (χ4v) is 3.32. The monoisotopic (exact) mass is 425 g/mol. The number of aromatic nitrogens is 4. The minimum absolute atomic E-state index is 0.0662. The van der Waals surface area contributed by atoms with Gasteiger partial charge in [0.25, 0.3) is 0 Å². The molecule has 3 aromatic rings. The molecule has 1 saturated heterocycles. The normalized spacial score (nSPS) is 24.5. The molecule has 4 atom stereocenters. The molecule has 1 aromatic carbocycles. The van der Waals surface area contributed by atoms with Crippen LogP contribution < -0.4 is 5.32 Å². The molecule has 1 fully saturated rings. The molecule has 0 radical (unpaired) electrons. The molecule has 0 amide bonds. The number of benzene rings is 1. The summed E-state index contributed by atoms with van der Waals surface area (Å²) in [5.41, 5.74) is 0.247. The lowest BCUT2D eigenvalue weighted by molar-refractivity contribution is -0.137. The molecule has 0 spiro atoms. The number of anilines is 1. The van der Waals surface area contributed by atoms with Crippen molar-refractivity contribution in [1.29, 1.82) is 0 Å². The Kier molecular flexibility index (Phi) is 5.32. The molecule has 0 aliphatic carbocycles. The first-order chi connectivity index (χ1) is 14.3. The van der Waals surface area contributed by atoms with E-state index in [0.717, 1.165) is 12.1 Å². The zero-order valence-corrected chi connectivity index (χ0v) is 15.4. The molecule has 30 heavy (non-hydrogen) atoms. The van der Waals surface area contributed by atoms with Crippen LogP contribution in [0, 0.1) is 0 Å². The van der Waals surface area contributed by atoms with Crippen LogP contribution in [0.3, 0.4) is 0 Å². The molecule has 1 aliphatic rings. The summed E-state index contributed by atoms with van der Waals surface area (Å²) in [6.45, 7) is -0.406. The maximum Gasteiger partial charge on any atom is 0.416 e. The number of ether oxygens (including phenoxy) is 1. The highest BCUT2D eigenvalue weighted by Crippen LogP contribution is 2.32. The first kappa shape index (κ1) is 20.5. The number of fused-ring (bicyclic) bond motifs is 1. The molecule has 4 unspecified atom stereocenters. The Labute approximate surface area is 167 Å². The summed E-state index contributed by atoms with van der Waals surface area (Å²) < 4.78 is 45.5. The van der Waals surface area contributed by atoms with Crippen molar-refractivity contribution in [1.82, 2.24) is 19.5 Å². The minimum atomic E-state index is -4.43. The van der Waals surface area contributed by atoms with Gasteiger partial charge in [0.1, 0.15) is 24.6 Å². The highest BCUT2D eigenvalue weighted by Gasteiger charge is 2.44. The molecule has 9 nitrogen and oxygen atoms in total. The second-order valence-electron chi connectivity index (χ2n) is 6.83. The van der Waals surface area contributed by atoms with Crippen molar-refractivity contribution in [2.75, 3.05) is 11.9 Å². The molecule has 3 heterocycles. The third kappa shape index (κ3) is 3.69. The maximum atomic E-state index is 12.9. The van der Waals surface area contributed by atoms with E-state index in [0.29, 0.717) is 11.1 Å². The summed E-state index contributed by atoms with van der Waals surface area (Å²) in [6.07, 6.45) is -6.42. The van der Waals surface area contributed by atoms with Crippen LogP contribution in [0.25, 0.3) is 11.2 Å². The number of aliphatic hydroxyl groups is 3. The van der Waals surface area contributed by atoms with Gasteiger partial charge in [0.2, 0.25) is 0 Å². The lowest BCUT2D eigenvalue weighted by atomic mass is 10.1. The van der Waals surface area contributed by atoms with E-state index in [1.807, 2.05) is 0 Å². The van der Waals surface area contributed by atoms with E-state index in [1.54, 1.807) is 6.07 Å². The predicted octanol–water partition coefficient (Wildman–Crippen LogP) is 1.07. The van der Waals surface area contributed by atoms with Gasteiger partial charge < -0.3 is 25.4 Å². The van der Waals surface area contributed by atoms with Gasteiger partial charge in [0.05, 0.1) is 18.5 Å². The number of aliphatic hydroxyl groups excluding tert-OH is 3. The number of hydrogen-bond acceptors (Lipinski definition) is 8. The summed E-state index contributed by atoms with van der Waals surface area (Å²) in [4.78, 5) is 12.4. The number of hydrogen-bond donors (Lipinski definition) is 4. The topological polar surface area (TPSA) is 126 Å². The maximum absolute atomic E-state index is 12.9. The average molecular weight is 425 g/mol. The first-order valence-electron chi connectivity index (χ1n) is 8.99. The standard InChI is InChI=1S/C18H18F3N5O4/c19-18(20,21)10-3-1-2-9(4-10)5-22-15-12-16(24-7-23-15)26(8-25-12)17-14(29)13(28)11(6-27)30-17/h1-4,7-8,11,13-14,17,27-29H,5-6H2,(H,22,23,24). The van der Waals surface area contributed by atoms with Crippen LogP contribution in [0.1, 0.15) is 17.4 Å². The Bertz CT molecular complexity index is 1040. The van der Waals surface area contributed by atoms with Crippen LogP contribution in [-0.4, -0.2) is 59.8 Å². The van der Waals surface area contributed by atoms with Crippen molar-refractivity contribution in [2.45, 2.75) is 37.3 Å². The SMILES string of the molecule is OCC1OC(n2cnc3c(NCc4cccc(C(F)(F)F)c4)ncnc32)C(O)C1O. The van der Waals surface area contributed by atoms with Crippen molar-refractivity contribution in [3.63, 3.8) is 0 Å². The lowest BCUT2D eigenvalue weighted by Gasteiger charge is -2.16. The summed E-state index contributed by atoms with van der Waals surface area (Å²) in [5.74, 6) is 0.280. The van der Waals surface area contributed by atoms with Crippen molar-refractivity contribution in [3.05, 3.63) is 48.0 Å². The van der Waals surface area contributed by atoms with E-state index in [-0.39, 0.29) is 18.0 Å². The average Bonchev–Trinajstić information content (AvgIpc) is 3.27. The van der Waals surface area contributed by atoms with E-state index in [2.05, 4.69) is 20.3 Å². The van der Waals surface area contributed by atoms with Crippen LogP contribution in [0.2, 0.25) is 0 Å². The van der Waals surface area contributed by atoms with Gasteiger partial charge in [-0.05, 0) is 17.7 Å². The Morgan fingerprint density at radius 1 is 1.13 bits per heavy atom. The van der Waals surface area contributed by atoms with Crippen molar-refractivity contribution >= 4 is 17.0 Å². The summed E-state index contributed by atoms with van der Waals surface area (Å²) in [6, 6.07) is 4.92. The summed E-state index contributed by atoms with van der Waals surface area (Å²) >= 11 is 0. The van der Waals surface area contributed by atoms with Gasteiger partial charge in [-0.1, -0.05) is 12.1 Å². The molecule has 4 rings (SSSR count). The highest BCUT2D eigenvalue weighted by molar-refractivity contribution is 5.82. The molecular formula is C18H18F3N5O4. The molecule has 12 heteroatoms. The largest absolute Gasteiger partial charge is 0.416 e. The van der Waals surface area contributed by atoms with Gasteiger partial charge >= 0.3 is 6.18 Å². The van der Waals surface area contributed by atoms with Gasteiger partial charge in [-0.15, -0.1) is 0 Å². The number of nitrogens with one attached hydrogen (secondary N) is 1. The van der Waals surface area contributed by atoms with E-state index >= 15 is 0 Å². The molecule has 0 bridgehead atoms. The van der Waals surface area contributed by atoms with E-state index in [4.69, 9.17) is 4.74 Å². The fourth-order valence-electron chi connectivity index (χ4n) is 3.32. The van der Waals surface area contributed by atoms with E-state index in [9.17, 15) is 28.5 Å². The lowest BCUT2D eigenvalue weighted by Crippen LogP contribution is -2.33. The molecule has 4 N–H and O–H groups in total.